The van der Waals surface area contributed by atoms with Gasteiger partial charge in [0.25, 0.3) is 0 Å². The molecule has 0 N–H and O–H groups in total. The molecule has 0 saturated carbocycles. The van der Waals surface area contributed by atoms with Gasteiger partial charge in [0.1, 0.15) is 11.5 Å². The summed E-state index contributed by atoms with van der Waals surface area (Å²) in [6.07, 6.45) is 0. The molecule has 26 heavy (non-hydrogen) atoms. The minimum Gasteiger partial charge on any atom is -0.423 e. The number of benzene rings is 3. The summed E-state index contributed by atoms with van der Waals surface area (Å²) in [4.78, 5) is 24.3. The molecule has 3 rings (SSSR count). The summed E-state index contributed by atoms with van der Waals surface area (Å²) in [5.74, 6) is -0.0434. The largest absolute Gasteiger partial charge is 0.423 e. The quantitative estimate of drug-likeness (QED) is 0.506. The molecule has 0 fully saturated rings. The second kappa shape index (κ2) is 7.66. The molecule has 0 saturated heterocycles. The maximum absolute atomic E-state index is 12.2. The van der Waals surface area contributed by atoms with Gasteiger partial charge in [-0.1, -0.05) is 35.9 Å². The van der Waals surface area contributed by atoms with Crippen LogP contribution in [0.3, 0.4) is 0 Å². The molecule has 0 amide bonds. The standard InChI is InChI=1S/C22H18O4/c1-15-8-10-18(11-9-15)21(23)25-19-12-13-20(16(2)14-19)26-22(24)17-6-4-3-5-7-17/h3-14H,1-2H3. The van der Waals surface area contributed by atoms with Gasteiger partial charge in [-0.15, -0.1) is 0 Å². The van der Waals surface area contributed by atoms with Crippen molar-refractivity contribution in [1.29, 1.82) is 0 Å². The molecule has 4 nitrogen and oxygen atoms in total. The summed E-state index contributed by atoms with van der Waals surface area (Å²) < 4.78 is 10.8. The van der Waals surface area contributed by atoms with Crippen molar-refractivity contribution in [3.63, 3.8) is 0 Å². The molecule has 0 atom stereocenters. The number of hydrogen-bond acceptors (Lipinski definition) is 4. The Balaban J connectivity index is 1.70. The second-order valence-corrected chi connectivity index (χ2v) is 5.94. The van der Waals surface area contributed by atoms with Gasteiger partial charge in [-0.3, -0.25) is 0 Å². The summed E-state index contributed by atoms with van der Waals surface area (Å²) >= 11 is 0. The first-order chi connectivity index (χ1) is 12.5. The minimum absolute atomic E-state index is 0.396. The lowest BCUT2D eigenvalue weighted by atomic mass is 10.1. The van der Waals surface area contributed by atoms with E-state index in [-0.39, 0.29) is 0 Å². The number of carbonyl (C=O) groups excluding carboxylic acids is 2. The van der Waals surface area contributed by atoms with Crippen LogP contribution >= 0.6 is 0 Å². The molecule has 3 aromatic carbocycles. The van der Waals surface area contributed by atoms with Gasteiger partial charge in [0.05, 0.1) is 11.1 Å². The van der Waals surface area contributed by atoms with Gasteiger partial charge >= 0.3 is 11.9 Å². The van der Waals surface area contributed by atoms with Crippen molar-refractivity contribution in [1.82, 2.24) is 0 Å². The van der Waals surface area contributed by atoms with E-state index in [2.05, 4.69) is 0 Å². The van der Waals surface area contributed by atoms with Crippen LogP contribution in [0, 0.1) is 13.8 Å². The van der Waals surface area contributed by atoms with Crippen LogP contribution in [0.25, 0.3) is 0 Å². The SMILES string of the molecule is Cc1ccc(C(=O)Oc2ccc(OC(=O)c3ccccc3)c(C)c2)cc1. The smallest absolute Gasteiger partial charge is 0.343 e. The average Bonchev–Trinajstić information content (AvgIpc) is 2.65. The fourth-order valence-corrected chi connectivity index (χ4v) is 2.39. The molecule has 0 bridgehead atoms. The third-order valence-electron chi connectivity index (χ3n) is 3.86. The topological polar surface area (TPSA) is 52.6 Å². The van der Waals surface area contributed by atoms with Crippen LogP contribution in [0.15, 0.2) is 72.8 Å². The van der Waals surface area contributed by atoms with Crippen LogP contribution in [0.5, 0.6) is 11.5 Å². The van der Waals surface area contributed by atoms with Crippen LogP contribution in [-0.4, -0.2) is 11.9 Å². The fraction of sp³-hybridized carbons (Fsp3) is 0.0909. The zero-order chi connectivity index (χ0) is 18.5. The van der Waals surface area contributed by atoms with Crippen LogP contribution < -0.4 is 9.47 Å². The summed E-state index contributed by atoms with van der Waals surface area (Å²) in [5, 5.41) is 0. The molecule has 0 aromatic heterocycles. The van der Waals surface area contributed by atoms with Gasteiger partial charge in [-0.2, -0.15) is 0 Å². The first kappa shape index (κ1) is 17.4. The van der Waals surface area contributed by atoms with Gasteiger partial charge in [0.2, 0.25) is 0 Å². The number of aryl methyl sites for hydroxylation is 2. The number of ether oxygens (including phenoxy) is 2. The van der Waals surface area contributed by atoms with E-state index in [1.54, 1.807) is 61.5 Å². The Kier molecular flexibility index (Phi) is 5.13. The van der Waals surface area contributed by atoms with Gasteiger partial charge in [-0.05, 0) is 61.9 Å². The van der Waals surface area contributed by atoms with Crippen molar-refractivity contribution in [2.75, 3.05) is 0 Å². The Morgan fingerprint density at radius 3 is 1.96 bits per heavy atom. The summed E-state index contributed by atoms with van der Waals surface area (Å²) in [5.41, 5.74) is 2.72. The normalized spacial score (nSPS) is 10.2. The number of esters is 2. The molecular weight excluding hydrogens is 328 g/mol. The van der Waals surface area contributed by atoms with E-state index in [0.717, 1.165) is 5.56 Å². The van der Waals surface area contributed by atoms with Gasteiger partial charge in [0.15, 0.2) is 0 Å². The first-order valence-corrected chi connectivity index (χ1v) is 8.19. The van der Waals surface area contributed by atoms with Crippen molar-refractivity contribution in [3.8, 4) is 11.5 Å². The van der Waals surface area contributed by atoms with E-state index in [0.29, 0.717) is 28.2 Å². The second-order valence-electron chi connectivity index (χ2n) is 5.94. The Morgan fingerprint density at radius 2 is 1.31 bits per heavy atom. The van der Waals surface area contributed by atoms with Crippen LogP contribution in [0.2, 0.25) is 0 Å². The summed E-state index contributed by atoms with van der Waals surface area (Å²) in [6.45, 7) is 3.74. The Labute approximate surface area is 152 Å². The average molecular weight is 346 g/mol. The molecule has 130 valence electrons. The number of hydrogen-bond donors (Lipinski definition) is 0. The van der Waals surface area contributed by atoms with Crippen LogP contribution in [-0.2, 0) is 0 Å². The van der Waals surface area contributed by atoms with Crippen LogP contribution in [0.1, 0.15) is 31.8 Å². The van der Waals surface area contributed by atoms with E-state index < -0.39 is 11.9 Å². The molecule has 0 aliphatic rings. The molecule has 0 aliphatic heterocycles. The lowest BCUT2D eigenvalue weighted by molar-refractivity contribution is 0.0718. The predicted molar refractivity (Wildman–Crippen MR) is 98.7 cm³/mol. The van der Waals surface area contributed by atoms with E-state index in [1.165, 1.54) is 0 Å². The maximum Gasteiger partial charge on any atom is 0.343 e. The van der Waals surface area contributed by atoms with Gasteiger partial charge in [-0.25, -0.2) is 9.59 Å². The third-order valence-corrected chi connectivity index (χ3v) is 3.86. The zero-order valence-electron chi connectivity index (χ0n) is 14.6. The molecule has 3 aromatic rings. The maximum atomic E-state index is 12.2. The molecule has 0 radical (unpaired) electrons. The lowest BCUT2D eigenvalue weighted by Gasteiger charge is -2.10. The highest BCUT2D eigenvalue weighted by molar-refractivity contribution is 5.92. The van der Waals surface area contributed by atoms with Gasteiger partial charge < -0.3 is 9.47 Å². The molecule has 0 unspecified atom stereocenters. The molecule has 0 aliphatic carbocycles. The molecular formula is C22H18O4. The highest BCUT2D eigenvalue weighted by Crippen LogP contribution is 2.25. The summed E-state index contributed by atoms with van der Waals surface area (Å²) in [6, 6.07) is 20.8. The number of carbonyl (C=O) groups is 2. The van der Waals surface area contributed by atoms with Crippen molar-refractivity contribution >= 4 is 11.9 Å². The van der Waals surface area contributed by atoms with Crippen molar-refractivity contribution in [2.24, 2.45) is 0 Å². The van der Waals surface area contributed by atoms with Crippen molar-refractivity contribution in [3.05, 3.63) is 95.1 Å². The zero-order valence-corrected chi connectivity index (χ0v) is 14.6. The monoisotopic (exact) mass is 346 g/mol. The van der Waals surface area contributed by atoms with Crippen LogP contribution in [0.4, 0.5) is 0 Å². The minimum atomic E-state index is -0.432. The molecule has 4 heteroatoms. The molecule has 0 heterocycles. The van der Waals surface area contributed by atoms with Crippen molar-refractivity contribution in [2.45, 2.75) is 13.8 Å². The first-order valence-electron chi connectivity index (χ1n) is 8.19. The predicted octanol–water partition coefficient (Wildman–Crippen LogP) is 4.74. The molecule has 0 spiro atoms. The van der Waals surface area contributed by atoms with E-state index >= 15 is 0 Å². The van der Waals surface area contributed by atoms with E-state index in [4.69, 9.17) is 9.47 Å². The lowest BCUT2D eigenvalue weighted by Crippen LogP contribution is -2.10. The van der Waals surface area contributed by atoms with Gasteiger partial charge in [0, 0.05) is 0 Å². The van der Waals surface area contributed by atoms with E-state index in [9.17, 15) is 9.59 Å². The Bertz CT molecular complexity index is 928. The summed E-state index contributed by atoms with van der Waals surface area (Å²) in [7, 11) is 0. The third kappa shape index (κ3) is 4.16. The highest BCUT2D eigenvalue weighted by Gasteiger charge is 2.12. The van der Waals surface area contributed by atoms with Crippen molar-refractivity contribution < 1.29 is 19.1 Å². The fourth-order valence-electron chi connectivity index (χ4n) is 2.39. The Morgan fingerprint density at radius 1 is 0.692 bits per heavy atom. The Hall–Kier alpha value is -3.40. The highest BCUT2D eigenvalue weighted by atomic mass is 16.5. The number of rotatable bonds is 4. The van der Waals surface area contributed by atoms with E-state index in [1.807, 2.05) is 25.1 Å².